The predicted octanol–water partition coefficient (Wildman–Crippen LogP) is -0.722. The summed E-state index contributed by atoms with van der Waals surface area (Å²) in [5, 5.41) is 2.11. The molecule has 0 bridgehead atoms. The van der Waals surface area contributed by atoms with Gasteiger partial charge in [-0.2, -0.15) is 0 Å². The number of nitrogens with one attached hydrogen (secondary N) is 1. The lowest BCUT2D eigenvalue weighted by molar-refractivity contribution is -0.145. The standard InChI is InChI=1S/C10H14N2O5S/c1-6(5-18(2,16)17)12-8(14)10(3-4-10)7(13)11-9(12)15/h6H,3-5H2,1-2H3,(H,11,13,15). The molecule has 8 heteroatoms. The Morgan fingerprint density at radius 1 is 1.33 bits per heavy atom. The number of amides is 4. The number of carbonyl (C=O) groups is 3. The van der Waals surface area contributed by atoms with E-state index in [2.05, 4.69) is 5.32 Å². The van der Waals surface area contributed by atoms with Gasteiger partial charge in [-0.1, -0.05) is 0 Å². The first kappa shape index (κ1) is 13.0. The van der Waals surface area contributed by atoms with Crippen molar-refractivity contribution in [3.8, 4) is 0 Å². The molecule has 1 saturated heterocycles. The first-order valence-corrected chi connectivity index (χ1v) is 7.60. The summed E-state index contributed by atoms with van der Waals surface area (Å²) in [6.45, 7) is 1.48. The molecule has 0 aromatic heterocycles. The van der Waals surface area contributed by atoms with Crippen LogP contribution in [0, 0.1) is 5.41 Å². The average molecular weight is 274 g/mol. The molecule has 1 aliphatic carbocycles. The maximum Gasteiger partial charge on any atom is 0.331 e. The fourth-order valence-corrected chi connectivity index (χ4v) is 3.20. The highest BCUT2D eigenvalue weighted by molar-refractivity contribution is 7.90. The summed E-state index contributed by atoms with van der Waals surface area (Å²) in [6, 6.07) is -1.61. The van der Waals surface area contributed by atoms with Crippen LogP contribution in [-0.2, 0) is 19.4 Å². The molecule has 1 spiro atoms. The van der Waals surface area contributed by atoms with Crippen LogP contribution in [0.15, 0.2) is 0 Å². The number of sulfone groups is 1. The van der Waals surface area contributed by atoms with Crippen molar-refractivity contribution in [1.29, 1.82) is 0 Å². The number of hydrogen-bond acceptors (Lipinski definition) is 5. The lowest BCUT2D eigenvalue weighted by atomic mass is 10.0. The molecule has 1 N–H and O–H groups in total. The molecule has 2 rings (SSSR count). The normalized spacial score (nSPS) is 24.1. The number of rotatable bonds is 3. The lowest BCUT2D eigenvalue weighted by Gasteiger charge is -2.34. The molecule has 0 aromatic carbocycles. The molecule has 1 heterocycles. The van der Waals surface area contributed by atoms with E-state index in [4.69, 9.17) is 0 Å². The van der Waals surface area contributed by atoms with Gasteiger partial charge >= 0.3 is 6.03 Å². The average Bonchev–Trinajstić information content (AvgIpc) is 2.92. The molecular weight excluding hydrogens is 260 g/mol. The molecule has 0 radical (unpaired) electrons. The van der Waals surface area contributed by atoms with E-state index in [-0.39, 0.29) is 5.75 Å². The zero-order valence-electron chi connectivity index (χ0n) is 10.1. The lowest BCUT2D eigenvalue weighted by Crippen LogP contribution is -2.62. The number of nitrogens with zero attached hydrogens (tertiary/aromatic N) is 1. The number of barbiturate groups is 1. The summed E-state index contributed by atoms with van der Waals surface area (Å²) >= 11 is 0. The Morgan fingerprint density at radius 2 is 1.89 bits per heavy atom. The first-order valence-electron chi connectivity index (χ1n) is 5.54. The summed E-state index contributed by atoms with van der Waals surface area (Å²) in [6.07, 6.45) is 1.86. The third-order valence-electron chi connectivity index (χ3n) is 3.24. The van der Waals surface area contributed by atoms with Crippen LogP contribution >= 0.6 is 0 Å². The van der Waals surface area contributed by atoms with E-state index in [0.717, 1.165) is 11.2 Å². The Hall–Kier alpha value is -1.44. The van der Waals surface area contributed by atoms with E-state index < -0.39 is 39.1 Å². The molecular formula is C10H14N2O5S. The van der Waals surface area contributed by atoms with Crippen molar-refractivity contribution >= 4 is 27.7 Å². The molecule has 100 valence electrons. The Balaban J connectivity index is 2.24. The van der Waals surface area contributed by atoms with Crippen molar-refractivity contribution in [3.63, 3.8) is 0 Å². The molecule has 4 amide bonds. The third kappa shape index (κ3) is 2.00. The molecule has 2 fully saturated rings. The SMILES string of the molecule is CC(CS(C)(=O)=O)N1C(=O)NC(=O)C2(CC2)C1=O. The number of imide groups is 2. The fourth-order valence-electron chi connectivity index (χ4n) is 2.18. The Morgan fingerprint density at radius 3 is 2.33 bits per heavy atom. The van der Waals surface area contributed by atoms with E-state index in [9.17, 15) is 22.8 Å². The minimum atomic E-state index is -3.31. The fraction of sp³-hybridized carbons (Fsp3) is 0.700. The van der Waals surface area contributed by atoms with Crippen molar-refractivity contribution in [2.45, 2.75) is 25.8 Å². The number of hydrogen-bond donors (Lipinski definition) is 1. The van der Waals surface area contributed by atoms with Crippen LogP contribution < -0.4 is 5.32 Å². The summed E-state index contributed by atoms with van der Waals surface area (Å²) < 4.78 is 22.4. The van der Waals surface area contributed by atoms with Gasteiger partial charge in [0.15, 0.2) is 0 Å². The van der Waals surface area contributed by atoms with Crippen molar-refractivity contribution in [2.75, 3.05) is 12.0 Å². The van der Waals surface area contributed by atoms with Gasteiger partial charge in [0.05, 0.1) is 11.8 Å². The number of carbonyl (C=O) groups excluding carboxylic acids is 3. The van der Waals surface area contributed by atoms with Crippen molar-refractivity contribution in [1.82, 2.24) is 10.2 Å². The Bertz CT molecular complexity index is 534. The molecule has 1 unspecified atom stereocenters. The summed E-state index contributed by atoms with van der Waals surface area (Å²) in [5.74, 6) is -1.45. The predicted molar refractivity (Wildman–Crippen MR) is 61.2 cm³/mol. The quantitative estimate of drug-likeness (QED) is 0.684. The van der Waals surface area contributed by atoms with Gasteiger partial charge in [-0.25, -0.2) is 13.2 Å². The van der Waals surface area contributed by atoms with Crippen LogP contribution in [0.4, 0.5) is 4.79 Å². The summed E-state index contributed by atoms with van der Waals surface area (Å²) in [7, 11) is -3.31. The largest absolute Gasteiger partial charge is 0.331 e. The van der Waals surface area contributed by atoms with Crippen molar-refractivity contribution in [2.24, 2.45) is 5.41 Å². The van der Waals surface area contributed by atoms with Gasteiger partial charge in [0.1, 0.15) is 15.3 Å². The second kappa shape index (κ2) is 3.78. The maximum atomic E-state index is 12.1. The van der Waals surface area contributed by atoms with Crippen molar-refractivity contribution < 1.29 is 22.8 Å². The second-order valence-corrected chi connectivity index (χ2v) is 7.14. The molecule has 0 aromatic rings. The van der Waals surface area contributed by atoms with Crippen LogP contribution in [0.1, 0.15) is 19.8 Å². The molecule has 7 nitrogen and oxygen atoms in total. The van der Waals surface area contributed by atoms with E-state index in [1.165, 1.54) is 6.92 Å². The van der Waals surface area contributed by atoms with Crippen molar-refractivity contribution in [3.05, 3.63) is 0 Å². The monoisotopic (exact) mass is 274 g/mol. The van der Waals surface area contributed by atoms with E-state index in [0.29, 0.717) is 12.8 Å². The van der Waals surface area contributed by atoms with Gasteiger partial charge in [-0.05, 0) is 19.8 Å². The van der Waals surface area contributed by atoms with Crippen LogP contribution in [0.3, 0.4) is 0 Å². The van der Waals surface area contributed by atoms with Crippen LogP contribution in [-0.4, -0.2) is 49.2 Å². The van der Waals surface area contributed by atoms with Gasteiger partial charge in [0.25, 0.3) is 0 Å². The van der Waals surface area contributed by atoms with E-state index in [1.54, 1.807) is 0 Å². The molecule has 1 saturated carbocycles. The minimum absolute atomic E-state index is 0.309. The highest BCUT2D eigenvalue weighted by Gasteiger charge is 2.62. The van der Waals surface area contributed by atoms with Crippen LogP contribution in [0.25, 0.3) is 0 Å². The summed E-state index contributed by atoms with van der Waals surface area (Å²) in [5.41, 5.74) is -1.13. The van der Waals surface area contributed by atoms with Gasteiger partial charge < -0.3 is 0 Å². The smallest absolute Gasteiger partial charge is 0.277 e. The number of urea groups is 1. The maximum absolute atomic E-state index is 12.1. The molecule has 18 heavy (non-hydrogen) atoms. The molecule has 1 atom stereocenters. The van der Waals surface area contributed by atoms with Gasteiger partial charge in [-0.15, -0.1) is 0 Å². The van der Waals surface area contributed by atoms with E-state index in [1.807, 2.05) is 0 Å². The summed E-state index contributed by atoms with van der Waals surface area (Å²) in [4.78, 5) is 36.2. The van der Waals surface area contributed by atoms with Gasteiger partial charge in [0, 0.05) is 6.26 Å². The topological polar surface area (TPSA) is 101 Å². The molecule has 2 aliphatic rings. The molecule has 1 aliphatic heterocycles. The Kier molecular flexibility index (Phi) is 2.73. The second-order valence-electron chi connectivity index (χ2n) is 4.96. The zero-order chi connectivity index (χ0) is 13.7. The van der Waals surface area contributed by atoms with Gasteiger partial charge in [-0.3, -0.25) is 19.8 Å². The first-order chi connectivity index (χ1) is 8.17. The Labute approximate surface area is 104 Å². The van der Waals surface area contributed by atoms with Crippen LogP contribution in [0.5, 0.6) is 0 Å². The van der Waals surface area contributed by atoms with E-state index >= 15 is 0 Å². The third-order valence-corrected chi connectivity index (χ3v) is 4.32. The van der Waals surface area contributed by atoms with Crippen LogP contribution in [0.2, 0.25) is 0 Å². The highest BCUT2D eigenvalue weighted by atomic mass is 32.2. The minimum Gasteiger partial charge on any atom is -0.277 e. The highest BCUT2D eigenvalue weighted by Crippen LogP contribution is 2.49. The van der Waals surface area contributed by atoms with Gasteiger partial charge in [0.2, 0.25) is 11.8 Å². The zero-order valence-corrected chi connectivity index (χ0v) is 10.9.